The van der Waals surface area contributed by atoms with E-state index in [9.17, 15) is 4.79 Å². The number of carbonyl (C=O) groups excluding carboxylic acids is 1. The Morgan fingerprint density at radius 3 is 2.68 bits per heavy atom. The molecule has 4 heteroatoms. The molecule has 1 aromatic carbocycles. The maximum Gasteiger partial charge on any atom is 0.224 e. The molecule has 4 nitrogen and oxygen atoms in total. The summed E-state index contributed by atoms with van der Waals surface area (Å²) in [4.78, 5) is 12.9. The zero-order valence-electron chi connectivity index (χ0n) is 15.4. The number of rotatable bonds is 4. The first-order chi connectivity index (χ1) is 12.0. The third kappa shape index (κ3) is 2.86. The average Bonchev–Trinajstić information content (AvgIpc) is 3.20. The van der Waals surface area contributed by atoms with Crippen molar-refractivity contribution < 1.29 is 9.21 Å². The molecule has 2 heterocycles. The Bertz CT molecular complexity index is 786. The first kappa shape index (κ1) is 16.6. The molecule has 2 aromatic rings. The number of furan rings is 1. The first-order valence-electron chi connectivity index (χ1n) is 9.51. The van der Waals surface area contributed by atoms with Gasteiger partial charge in [-0.2, -0.15) is 0 Å². The largest absolute Gasteiger partial charge is 0.459 e. The maximum atomic E-state index is 12.9. The fraction of sp³-hybridized carbons (Fsp3) is 0.571. The second kappa shape index (κ2) is 6.17. The molecule has 2 aliphatic rings. The topological polar surface area (TPSA) is 54.3 Å². The van der Waals surface area contributed by atoms with E-state index in [2.05, 4.69) is 37.5 Å². The molecule has 134 valence electrons. The van der Waals surface area contributed by atoms with E-state index in [0.29, 0.717) is 0 Å². The molecule has 2 unspecified atom stereocenters. The molecule has 1 amide bonds. The number of hydrogen-bond donors (Lipinski definition) is 2. The van der Waals surface area contributed by atoms with Crippen molar-refractivity contribution in [2.45, 2.75) is 46.1 Å². The summed E-state index contributed by atoms with van der Waals surface area (Å²) in [5.41, 5.74) is 2.30. The Balaban J connectivity index is 1.55. The molecule has 2 N–H and O–H groups in total. The predicted molar refractivity (Wildman–Crippen MR) is 99.3 cm³/mol. The molecular formula is C21H28N2O2. The second-order valence-corrected chi connectivity index (χ2v) is 8.19. The number of benzene rings is 1. The van der Waals surface area contributed by atoms with Crippen LogP contribution in [0.25, 0.3) is 11.0 Å². The molecule has 1 aromatic heterocycles. The Hall–Kier alpha value is -1.81. The van der Waals surface area contributed by atoms with Gasteiger partial charge in [0.05, 0.1) is 6.04 Å². The van der Waals surface area contributed by atoms with E-state index in [1.807, 2.05) is 18.2 Å². The number of amides is 1. The van der Waals surface area contributed by atoms with Crippen LogP contribution < -0.4 is 10.6 Å². The summed E-state index contributed by atoms with van der Waals surface area (Å²) in [5.74, 6) is 1.58. The van der Waals surface area contributed by atoms with E-state index in [1.54, 1.807) is 0 Å². The van der Waals surface area contributed by atoms with Crippen molar-refractivity contribution in [3.8, 4) is 0 Å². The lowest BCUT2D eigenvalue weighted by Gasteiger charge is -2.25. The van der Waals surface area contributed by atoms with E-state index in [-0.39, 0.29) is 29.2 Å². The van der Waals surface area contributed by atoms with Gasteiger partial charge in [-0.15, -0.1) is 0 Å². The summed E-state index contributed by atoms with van der Waals surface area (Å²) in [6.07, 6.45) is 3.30. The van der Waals surface area contributed by atoms with Crippen LogP contribution >= 0.6 is 0 Å². The fourth-order valence-electron chi connectivity index (χ4n) is 4.47. The molecule has 4 rings (SSSR count). The summed E-state index contributed by atoms with van der Waals surface area (Å²) in [7, 11) is 0. The van der Waals surface area contributed by atoms with E-state index < -0.39 is 0 Å². The number of fused-ring (bicyclic) bond motifs is 1. The van der Waals surface area contributed by atoms with Crippen molar-refractivity contribution in [2.75, 3.05) is 13.1 Å². The molecule has 1 saturated heterocycles. The Kier molecular flexibility index (Phi) is 4.11. The van der Waals surface area contributed by atoms with Crippen LogP contribution in [0.5, 0.6) is 0 Å². The molecule has 1 spiro atoms. The fourth-order valence-corrected chi connectivity index (χ4v) is 4.47. The van der Waals surface area contributed by atoms with Gasteiger partial charge in [0, 0.05) is 16.9 Å². The van der Waals surface area contributed by atoms with Gasteiger partial charge in [0.15, 0.2) is 0 Å². The molecule has 0 bridgehead atoms. The minimum absolute atomic E-state index is 0.0701. The molecule has 2 atom stereocenters. The van der Waals surface area contributed by atoms with Crippen LogP contribution in [0.2, 0.25) is 0 Å². The zero-order valence-corrected chi connectivity index (χ0v) is 15.4. The minimum atomic E-state index is -0.0701. The predicted octanol–water partition coefficient (Wildman–Crippen LogP) is 3.94. The lowest BCUT2D eigenvalue weighted by atomic mass is 9.91. The Morgan fingerprint density at radius 2 is 2.00 bits per heavy atom. The van der Waals surface area contributed by atoms with Crippen molar-refractivity contribution in [1.82, 2.24) is 10.6 Å². The third-order valence-corrected chi connectivity index (χ3v) is 6.23. The van der Waals surface area contributed by atoms with Crippen LogP contribution in [0.1, 0.15) is 50.5 Å². The maximum absolute atomic E-state index is 12.9. The normalized spacial score (nSPS) is 23.1. The average molecular weight is 340 g/mol. The van der Waals surface area contributed by atoms with Crippen LogP contribution in [0.3, 0.4) is 0 Å². The van der Waals surface area contributed by atoms with Gasteiger partial charge in [0.1, 0.15) is 11.3 Å². The minimum Gasteiger partial charge on any atom is -0.459 e. The number of para-hydroxylation sites is 1. The van der Waals surface area contributed by atoms with Gasteiger partial charge >= 0.3 is 0 Å². The van der Waals surface area contributed by atoms with Crippen molar-refractivity contribution in [3.05, 3.63) is 35.6 Å². The SMILES string of the molecule is Cc1c(C(NC(=O)C2CC23CCNCC3)C(C)C)oc2ccccc12. The highest BCUT2D eigenvalue weighted by molar-refractivity contribution is 5.84. The second-order valence-electron chi connectivity index (χ2n) is 8.19. The van der Waals surface area contributed by atoms with E-state index in [1.165, 1.54) is 0 Å². The summed E-state index contributed by atoms with van der Waals surface area (Å²) in [5, 5.41) is 7.85. The highest BCUT2D eigenvalue weighted by atomic mass is 16.3. The molecule has 2 fully saturated rings. The van der Waals surface area contributed by atoms with Crippen molar-refractivity contribution >= 4 is 16.9 Å². The zero-order chi connectivity index (χ0) is 17.6. The highest BCUT2D eigenvalue weighted by Gasteiger charge is 2.57. The number of carbonyl (C=O) groups is 1. The van der Waals surface area contributed by atoms with Crippen LogP contribution in [-0.4, -0.2) is 19.0 Å². The van der Waals surface area contributed by atoms with Crippen LogP contribution in [0, 0.1) is 24.2 Å². The molecule has 1 aliphatic heterocycles. The van der Waals surface area contributed by atoms with E-state index >= 15 is 0 Å². The number of hydrogen-bond acceptors (Lipinski definition) is 3. The molecule has 1 aliphatic carbocycles. The lowest BCUT2D eigenvalue weighted by Crippen LogP contribution is -2.36. The molecule has 25 heavy (non-hydrogen) atoms. The van der Waals surface area contributed by atoms with Crippen molar-refractivity contribution in [1.29, 1.82) is 0 Å². The van der Waals surface area contributed by atoms with Gasteiger partial charge in [-0.25, -0.2) is 0 Å². The van der Waals surface area contributed by atoms with Crippen LogP contribution in [-0.2, 0) is 4.79 Å². The van der Waals surface area contributed by atoms with Gasteiger partial charge in [0.2, 0.25) is 5.91 Å². The monoisotopic (exact) mass is 340 g/mol. The van der Waals surface area contributed by atoms with Crippen LogP contribution in [0.15, 0.2) is 28.7 Å². The Morgan fingerprint density at radius 1 is 1.28 bits per heavy atom. The van der Waals surface area contributed by atoms with Crippen molar-refractivity contribution in [2.24, 2.45) is 17.3 Å². The van der Waals surface area contributed by atoms with E-state index in [4.69, 9.17) is 4.42 Å². The highest BCUT2D eigenvalue weighted by Crippen LogP contribution is 2.58. The summed E-state index contributed by atoms with van der Waals surface area (Å²) in [6, 6.07) is 8.03. The van der Waals surface area contributed by atoms with Crippen molar-refractivity contribution in [3.63, 3.8) is 0 Å². The van der Waals surface area contributed by atoms with Gasteiger partial charge in [0.25, 0.3) is 0 Å². The number of aryl methyl sites for hydroxylation is 1. The Labute approximate surface area is 149 Å². The number of nitrogens with one attached hydrogen (secondary N) is 2. The van der Waals surface area contributed by atoms with Gasteiger partial charge in [-0.3, -0.25) is 4.79 Å². The first-order valence-corrected chi connectivity index (χ1v) is 9.51. The molecule has 1 saturated carbocycles. The quantitative estimate of drug-likeness (QED) is 0.886. The smallest absolute Gasteiger partial charge is 0.224 e. The van der Waals surface area contributed by atoms with Crippen LogP contribution in [0.4, 0.5) is 0 Å². The summed E-state index contributed by atoms with van der Waals surface area (Å²) in [6.45, 7) is 8.46. The summed E-state index contributed by atoms with van der Waals surface area (Å²) < 4.78 is 6.14. The van der Waals surface area contributed by atoms with Gasteiger partial charge < -0.3 is 15.1 Å². The van der Waals surface area contributed by atoms with E-state index in [0.717, 1.165) is 54.6 Å². The lowest BCUT2D eigenvalue weighted by molar-refractivity contribution is -0.124. The molecular weight excluding hydrogens is 312 g/mol. The molecule has 0 radical (unpaired) electrons. The summed E-state index contributed by atoms with van der Waals surface area (Å²) >= 11 is 0. The standard InChI is InChI=1S/C21H28N2O2/c1-13(2)18(19-14(3)15-6-4-5-7-17(15)25-19)23-20(24)16-12-21(16)8-10-22-11-9-21/h4-7,13,16,18,22H,8-12H2,1-3H3,(H,23,24). The number of piperidine rings is 1. The van der Waals surface area contributed by atoms with Gasteiger partial charge in [-0.05, 0) is 56.7 Å². The third-order valence-electron chi connectivity index (χ3n) is 6.23. The van der Waals surface area contributed by atoms with Gasteiger partial charge in [-0.1, -0.05) is 32.0 Å².